The van der Waals surface area contributed by atoms with Crippen LogP contribution in [0.5, 0.6) is 0 Å². The minimum atomic E-state index is -1.01. The minimum absolute atomic E-state index is 0.0566. The fraction of sp³-hybridized carbons (Fsp3) is 0.414. The van der Waals surface area contributed by atoms with Gasteiger partial charge in [-0.1, -0.05) is 62.4 Å². The summed E-state index contributed by atoms with van der Waals surface area (Å²) in [4.78, 5) is 55.3. The normalized spacial score (nSPS) is 20.6. The number of nitrogens with zero attached hydrogens (tertiary/aromatic N) is 3. The van der Waals surface area contributed by atoms with Crippen molar-refractivity contribution >= 4 is 29.3 Å². The van der Waals surface area contributed by atoms with Crippen molar-refractivity contribution in [3.05, 3.63) is 65.7 Å². The van der Waals surface area contributed by atoms with Gasteiger partial charge in [-0.05, 0) is 29.5 Å². The summed E-state index contributed by atoms with van der Waals surface area (Å²) < 4.78 is 0. The van der Waals surface area contributed by atoms with Gasteiger partial charge in [0.05, 0.1) is 11.5 Å². The number of carbonyl (C=O) groups is 4. The van der Waals surface area contributed by atoms with E-state index < -0.39 is 35.7 Å². The van der Waals surface area contributed by atoms with Gasteiger partial charge in [-0.15, -0.1) is 0 Å². The molecule has 0 unspecified atom stereocenters. The Bertz CT molecular complexity index is 1270. The number of amides is 4. The van der Waals surface area contributed by atoms with Crippen LogP contribution in [0.1, 0.15) is 44.2 Å². The first-order chi connectivity index (χ1) is 18.2. The van der Waals surface area contributed by atoms with E-state index in [0.717, 1.165) is 11.1 Å². The fourth-order valence-electron chi connectivity index (χ4n) is 5.34. The molecule has 2 aliphatic heterocycles. The molecule has 0 aliphatic carbocycles. The topological polar surface area (TPSA) is 123 Å². The molecule has 0 aromatic heterocycles. The molecule has 9 heteroatoms. The average molecular weight is 516 g/mol. The van der Waals surface area contributed by atoms with Crippen molar-refractivity contribution in [3.63, 3.8) is 0 Å². The third-order valence-electron chi connectivity index (χ3n) is 7.40. The number of rotatable bonds is 8. The summed E-state index contributed by atoms with van der Waals surface area (Å²) in [5.41, 5.74) is 1.38. The summed E-state index contributed by atoms with van der Waals surface area (Å²) in [6.45, 7) is 4.24. The van der Waals surface area contributed by atoms with E-state index in [9.17, 15) is 24.4 Å². The van der Waals surface area contributed by atoms with E-state index in [1.807, 2.05) is 68.4 Å². The van der Waals surface area contributed by atoms with Gasteiger partial charge in [0, 0.05) is 32.2 Å². The minimum Gasteiger partial charge on any atom is -0.352 e. The van der Waals surface area contributed by atoms with Crippen molar-refractivity contribution < 1.29 is 19.2 Å². The zero-order valence-corrected chi connectivity index (χ0v) is 21.9. The van der Waals surface area contributed by atoms with Gasteiger partial charge in [-0.25, -0.2) is 0 Å². The molecule has 9 nitrogen and oxygen atoms in total. The maximum atomic E-state index is 13.9. The molecule has 0 radical (unpaired) electrons. The van der Waals surface area contributed by atoms with Crippen molar-refractivity contribution in [2.75, 3.05) is 18.9 Å². The predicted molar refractivity (Wildman–Crippen MR) is 141 cm³/mol. The maximum absolute atomic E-state index is 13.9. The summed E-state index contributed by atoms with van der Waals surface area (Å²) >= 11 is 0. The molecule has 4 amide bonds. The Morgan fingerprint density at radius 2 is 1.84 bits per heavy atom. The highest BCUT2D eigenvalue weighted by molar-refractivity contribution is 6.07. The lowest BCUT2D eigenvalue weighted by Gasteiger charge is -2.33. The first kappa shape index (κ1) is 26.9. The molecule has 2 N–H and O–H groups in total. The van der Waals surface area contributed by atoms with E-state index in [2.05, 4.69) is 16.7 Å². The van der Waals surface area contributed by atoms with Crippen molar-refractivity contribution in [2.24, 2.45) is 5.92 Å². The molecule has 38 heavy (non-hydrogen) atoms. The number of likely N-dealkylation sites (tertiary alicyclic amines) is 1. The molecule has 2 aromatic carbocycles. The summed E-state index contributed by atoms with van der Waals surface area (Å²) in [6, 6.07) is 17.2. The Balaban J connectivity index is 1.49. The number of nitriles is 1. The smallest absolute Gasteiger partial charge is 0.246 e. The Morgan fingerprint density at radius 3 is 2.53 bits per heavy atom. The zero-order valence-electron chi connectivity index (χ0n) is 21.9. The Kier molecular flexibility index (Phi) is 7.81. The predicted octanol–water partition coefficient (Wildman–Crippen LogP) is 2.58. The van der Waals surface area contributed by atoms with Gasteiger partial charge < -0.3 is 20.4 Å². The van der Waals surface area contributed by atoms with Crippen LogP contribution in [0.15, 0.2) is 54.6 Å². The SMILES string of the molecule is CC(C)C[C@@H](C(=O)N1C[C@]2(C[C@H]1C#N)C(=O)Nc1ccccc12)N(C)C(=O)CC(=O)NCc1ccccc1. The van der Waals surface area contributed by atoms with Gasteiger partial charge >= 0.3 is 0 Å². The Hall–Kier alpha value is -4.19. The number of carbonyl (C=O) groups excluding carboxylic acids is 4. The quantitative estimate of drug-likeness (QED) is 0.523. The lowest BCUT2D eigenvalue weighted by atomic mass is 9.80. The molecule has 1 fully saturated rings. The van der Waals surface area contributed by atoms with Crippen LogP contribution in [0.2, 0.25) is 0 Å². The van der Waals surface area contributed by atoms with Gasteiger partial charge in [0.2, 0.25) is 23.6 Å². The van der Waals surface area contributed by atoms with Crippen molar-refractivity contribution in [3.8, 4) is 6.07 Å². The molecule has 0 saturated carbocycles. The second-order valence-corrected chi connectivity index (χ2v) is 10.5. The number of hydrogen-bond donors (Lipinski definition) is 2. The molecule has 0 bridgehead atoms. The van der Waals surface area contributed by atoms with Crippen LogP contribution in [0.4, 0.5) is 5.69 Å². The number of likely N-dealkylation sites (N-methyl/N-ethyl adjacent to an activating group) is 1. The number of fused-ring (bicyclic) bond motifs is 2. The van der Waals surface area contributed by atoms with E-state index in [4.69, 9.17) is 0 Å². The van der Waals surface area contributed by atoms with Gasteiger partial charge in [-0.3, -0.25) is 19.2 Å². The van der Waals surface area contributed by atoms with E-state index in [0.29, 0.717) is 18.7 Å². The second kappa shape index (κ2) is 11.1. The van der Waals surface area contributed by atoms with Crippen molar-refractivity contribution in [1.29, 1.82) is 5.26 Å². The maximum Gasteiger partial charge on any atom is 0.246 e. The molecule has 1 spiro atoms. The van der Waals surface area contributed by atoms with Crippen molar-refractivity contribution in [2.45, 2.75) is 57.2 Å². The van der Waals surface area contributed by atoms with Gasteiger partial charge in [0.1, 0.15) is 18.5 Å². The lowest BCUT2D eigenvalue weighted by Crippen LogP contribution is -2.52. The molecule has 1 saturated heterocycles. The molecule has 4 rings (SSSR count). The van der Waals surface area contributed by atoms with E-state index in [-0.39, 0.29) is 30.7 Å². The summed E-state index contributed by atoms with van der Waals surface area (Å²) in [7, 11) is 1.52. The van der Waals surface area contributed by atoms with Crippen molar-refractivity contribution in [1.82, 2.24) is 15.1 Å². The van der Waals surface area contributed by atoms with Crippen LogP contribution < -0.4 is 10.6 Å². The number of para-hydroxylation sites is 1. The first-order valence-electron chi connectivity index (χ1n) is 12.8. The number of hydrogen-bond acceptors (Lipinski definition) is 5. The summed E-state index contributed by atoms with van der Waals surface area (Å²) in [6.07, 6.45) is 0.149. The van der Waals surface area contributed by atoms with Crippen LogP contribution in [0, 0.1) is 17.2 Å². The average Bonchev–Trinajstić information content (AvgIpc) is 3.43. The Labute approximate surface area is 222 Å². The summed E-state index contributed by atoms with van der Waals surface area (Å²) in [5.74, 6) is -1.47. The third kappa shape index (κ3) is 5.25. The van der Waals surface area contributed by atoms with Crippen LogP contribution >= 0.6 is 0 Å². The molecule has 2 heterocycles. The molecule has 198 valence electrons. The molecule has 2 aromatic rings. The van der Waals surface area contributed by atoms with E-state index >= 15 is 0 Å². The van der Waals surface area contributed by atoms with E-state index in [1.165, 1.54) is 16.8 Å². The van der Waals surface area contributed by atoms with Gasteiger partial charge in [0.15, 0.2) is 0 Å². The molecule has 3 atom stereocenters. The molecular formula is C29H33N5O4. The van der Waals surface area contributed by atoms with Crippen LogP contribution in [0.3, 0.4) is 0 Å². The number of benzene rings is 2. The van der Waals surface area contributed by atoms with Crippen LogP contribution in [-0.4, -0.2) is 59.1 Å². The summed E-state index contributed by atoms with van der Waals surface area (Å²) in [5, 5.41) is 15.6. The van der Waals surface area contributed by atoms with Gasteiger partial charge in [0.25, 0.3) is 0 Å². The zero-order chi connectivity index (χ0) is 27.4. The molecule has 2 aliphatic rings. The second-order valence-electron chi connectivity index (χ2n) is 10.5. The fourth-order valence-corrected chi connectivity index (χ4v) is 5.34. The third-order valence-corrected chi connectivity index (χ3v) is 7.40. The van der Waals surface area contributed by atoms with E-state index in [1.54, 1.807) is 0 Å². The Morgan fingerprint density at radius 1 is 1.16 bits per heavy atom. The first-order valence-corrected chi connectivity index (χ1v) is 12.8. The highest BCUT2D eigenvalue weighted by Crippen LogP contribution is 2.46. The highest BCUT2D eigenvalue weighted by atomic mass is 16.2. The monoisotopic (exact) mass is 515 g/mol. The van der Waals surface area contributed by atoms with Gasteiger partial charge in [-0.2, -0.15) is 5.26 Å². The number of anilines is 1. The number of nitrogens with one attached hydrogen (secondary N) is 2. The van der Waals surface area contributed by atoms with Crippen LogP contribution in [-0.2, 0) is 31.1 Å². The molecular weight excluding hydrogens is 482 g/mol. The largest absolute Gasteiger partial charge is 0.352 e. The standard InChI is InChI=1S/C29H33N5O4/c1-19(2)13-24(33(3)26(36)14-25(35)31-17-20-9-5-4-6-10-20)27(37)34-18-29(15-21(34)16-30)22-11-7-8-12-23(22)32-28(29)38/h4-12,19,21,24H,13-15,17-18H2,1-3H3,(H,31,35)(H,32,38)/t21-,24-,29-/m0/s1. The van der Waals surface area contributed by atoms with Crippen LogP contribution in [0.25, 0.3) is 0 Å². The highest BCUT2D eigenvalue weighted by Gasteiger charge is 2.56. The lowest BCUT2D eigenvalue weighted by molar-refractivity contribution is -0.147.